The van der Waals surface area contributed by atoms with Crippen LogP contribution >= 0.6 is 0 Å². The Morgan fingerprint density at radius 3 is 2.50 bits per heavy atom. The van der Waals surface area contributed by atoms with E-state index in [9.17, 15) is 0 Å². The van der Waals surface area contributed by atoms with Crippen LogP contribution in [0, 0.1) is 6.20 Å². The summed E-state index contributed by atoms with van der Waals surface area (Å²) < 4.78 is 0. The molecular formula is C5H4N. The van der Waals surface area contributed by atoms with Crippen molar-refractivity contribution in [1.82, 2.24) is 4.98 Å². The first kappa shape index (κ1) is 3.34. The molecule has 0 fully saturated rings. The lowest BCUT2D eigenvalue weighted by Crippen LogP contribution is -1.60. The van der Waals surface area contributed by atoms with Crippen LogP contribution in [0.2, 0.25) is 0 Å². The third-order valence-corrected chi connectivity index (χ3v) is 0.517. The molecule has 1 aromatic rings. The summed E-state index contributed by atoms with van der Waals surface area (Å²) in [5.74, 6) is 0. The fourth-order valence-corrected chi connectivity index (χ4v) is 0.277. The topological polar surface area (TPSA) is 12.9 Å². The largest absolute Gasteiger partial charge is 0.255 e. The molecule has 0 aliphatic heterocycles. The molecule has 0 spiro atoms. The summed E-state index contributed by atoms with van der Waals surface area (Å²) in [5.41, 5.74) is 0. The first-order valence-corrected chi connectivity index (χ1v) is 1.77. The van der Waals surface area contributed by atoms with Crippen LogP contribution < -0.4 is 0 Å². The van der Waals surface area contributed by atoms with Gasteiger partial charge in [-0.25, -0.2) is 0 Å². The smallest absolute Gasteiger partial charge is 0.0886 e. The fourth-order valence-electron chi connectivity index (χ4n) is 0.277. The average molecular weight is 78.1 g/mol. The van der Waals surface area contributed by atoms with Gasteiger partial charge in [0.25, 0.3) is 0 Å². The van der Waals surface area contributed by atoms with Gasteiger partial charge in [-0.15, -0.1) is 0 Å². The molecule has 6 heavy (non-hydrogen) atoms. The molecule has 0 saturated heterocycles. The van der Waals surface area contributed by atoms with E-state index in [1.54, 1.807) is 12.3 Å². The lowest BCUT2D eigenvalue weighted by Gasteiger charge is -1.68. The Morgan fingerprint density at radius 1 is 1.33 bits per heavy atom. The van der Waals surface area contributed by atoms with Crippen LogP contribution in [0.5, 0.6) is 0 Å². The van der Waals surface area contributed by atoms with E-state index >= 15 is 0 Å². The number of rotatable bonds is 0. The Balaban J connectivity index is 3.00. The second-order valence-electron chi connectivity index (χ2n) is 0.959. The molecule has 0 saturated carbocycles. The highest BCUT2D eigenvalue weighted by Crippen LogP contribution is 1.72. The maximum Gasteiger partial charge on any atom is 0.0886 e. The zero-order chi connectivity index (χ0) is 4.24. The summed E-state index contributed by atoms with van der Waals surface area (Å²) >= 11 is 0. The van der Waals surface area contributed by atoms with Crippen molar-refractivity contribution in [3.05, 3.63) is 30.6 Å². The normalized spacial score (nSPS) is 8.00. The summed E-state index contributed by atoms with van der Waals surface area (Å²) in [6.07, 6.45) is 4.34. The summed E-state index contributed by atoms with van der Waals surface area (Å²) in [7, 11) is 0. The SMILES string of the molecule is [c]1ccccn1. The van der Waals surface area contributed by atoms with E-state index in [0.717, 1.165) is 0 Å². The van der Waals surface area contributed by atoms with Crippen LogP contribution in [0.15, 0.2) is 24.4 Å². The zero-order valence-electron chi connectivity index (χ0n) is 3.26. The standard InChI is InChI=1S/C5H4N/c1-2-4-6-5-3-1/h1-4H. The van der Waals surface area contributed by atoms with Crippen molar-refractivity contribution in [1.29, 1.82) is 0 Å². The third-order valence-electron chi connectivity index (χ3n) is 0.517. The van der Waals surface area contributed by atoms with Crippen molar-refractivity contribution >= 4 is 0 Å². The Morgan fingerprint density at radius 2 is 2.33 bits per heavy atom. The predicted octanol–water partition coefficient (Wildman–Crippen LogP) is 0.882. The number of aromatic nitrogens is 1. The Kier molecular flexibility index (Phi) is 0.865. The molecule has 0 aliphatic rings. The fraction of sp³-hybridized carbons (Fsp3) is 0. The van der Waals surface area contributed by atoms with Crippen LogP contribution in [0.4, 0.5) is 0 Å². The minimum Gasteiger partial charge on any atom is -0.255 e. The summed E-state index contributed by atoms with van der Waals surface area (Å²) in [5, 5.41) is 0. The number of nitrogens with zero attached hydrogens (tertiary/aromatic N) is 1. The second-order valence-corrected chi connectivity index (χ2v) is 0.959. The van der Waals surface area contributed by atoms with E-state index in [0.29, 0.717) is 0 Å². The van der Waals surface area contributed by atoms with Crippen molar-refractivity contribution in [3.63, 3.8) is 0 Å². The Labute approximate surface area is 36.7 Å². The molecule has 1 nitrogen and oxygen atoms in total. The van der Waals surface area contributed by atoms with Gasteiger partial charge >= 0.3 is 0 Å². The summed E-state index contributed by atoms with van der Waals surface area (Å²) in [6.45, 7) is 0. The van der Waals surface area contributed by atoms with Gasteiger partial charge in [-0.3, -0.25) is 4.98 Å². The van der Waals surface area contributed by atoms with Crippen LogP contribution in [-0.2, 0) is 0 Å². The van der Waals surface area contributed by atoms with E-state index in [1.807, 2.05) is 12.1 Å². The van der Waals surface area contributed by atoms with Gasteiger partial charge in [0, 0.05) is 6.20 Å². The van der Waals surface area contributed by atoms with E-state index in [-0.39, 0.29) is 0 Å². The molecule has 0 amide bonds. The highest BCUT2D eigenvalue weighted by atomic mass is 14.6. The van der Waals surface area contributed by atoms with Crippen LogP contribution in [0.1, 0.15) is 0 Å². The van der Waals surface area contributed by atoms with Gasteiger partial charge in [0.15, 0.2) is 0 Å². The monoisotopic (exact) mass is 78.0 g/mol. The minimum absolute atomic E-state index is 1.69. The molecule has 0 unspecified atom stereocenters. The predicted molar refractivity (Wildman–Crippen MR) is 23.1 cm³/mol. The maximum absolute atomic E-state index is 3.66. The number of pyridine rings is 1. The zero-order valence-corrected chi connectivity index (χ0v) is 3.26. The van der Waals surface area contributed by atoms with E-state index < -0.39 is 0 Å². The van der Waals surface area contributed by atoms with Crippen molar-refractivity contribution < 1.29 is 0 Å². The van der Waals surface area contributed by atoms with Crippen molar-refractivity contribution in [3.8, 4) is 0 Å². The minimum atomic E-state index is 1.69. The first-order chi connectivity index (χ1) is 3.00. The molecule has 0 atom stereocenters. The molecule has 0 N–H and O–H groups in total. The lowest BCUT2D eigenvalue weighted by atomic mass is 10.5. The Bertz CT molecular complexity index is 75.9. The number of hydrogen-bond donors (Lipinski definition) is 0. The molecule has 1 heterocycles. The summed E-state index contributed by atoms with van der Waals surface area (Å²) in [4.78, 5) is 3.66. The molecule has 1 radical (unpaired) electrons. The van der Waals surface area contributed by atoms with Crippen molar-refractivity contribution in [2.45, 2.75) is 0 Å². The molecule has 0 aromatic carbocycles. The van der Waals surface area contributed by atoms with Crippen molar-refractivity contribution in [2.24, 2.45) is 0 Å². The van der Waals surface area contributed by atoms with Crippen LogP contribution in [-0.4, -0.2) is 4.98 Å². The Hall–Kier alpha value is -0.850. The molecular weight excluding hydrogens is 74.1 g/mol. The van der Waals surface area contributed by atoms with Crippen LogP contribution in [0.25, 0.3) is 0 Å². The van der Waals surface area contributed by atoms with E-state index in [2.05, 4.69) is 11.2 Å². The first-order valence-electron chi connectivity index (χ1n) is 1.77. The van der Waals surface area contributed by atoms with E-state index in [4.69, 9.17) is 0 Å². The lowest BCUT2D eigenvalue weighted by molar-refractivity contribution is 1.31. The average Bonchev–Trinajstić information content (AvgIpc) is 1.72. The van der Waals surface area contributed by atoms with Gasteiger partial charge in [-0.2, -0.15) is 0 Å². The van der Waals surface area contributed by atoms with Gasteiger partial charge in [-0.1, -0.05) is 6.07 Å². The van der Waals surface area contributed by atoms with Crippen LogP contribution in [0.3, 0.4) is 0 Å². The van der Waals surface area contributed by atoms with E-state index in [1.165, 1.54) is 0 Å². The molecule has 1 aromatic heterocycles. The van der Waals surface area contributed by atoms with Crippen molar-refractivity contribution in [2.75, 3.05) is 0 Å². The van der Waals surface area contributed by atoms with Gasteiger partial charge in [0.05, 0.1) is 6.20 Å². The van der Waals surface area contributed by atoms with Gasteiger partial charge in [-0.05, 0) is 12.1 Å². The quantitative estimate of drug-likeness (QED) is 0.449. The molecule has 0 bridgehead atoms. The highest BCUT2D eigenvalue weighted by Gasteiger charge is 1.59. The van der Waals surface area contributed by atoms with Gasteiger partial charge < -0.3 is 0 Å². The second kappa shape index (κ2) is 1.55. The van der Waals surface area contributed by atoms with Gasteiger partial charge in [0.2, 0.25) is 0 Å². The summed E-state index contributed by atoms with van der Waals surface area (Å²) in [6, 6.07) is 5.50. The highest BCUT2D eigenvalue weighted by molar-refractivity contribution is 4.86. The molecule has 1 rings (SSSR count). The molecule has 1 heteroatoms. The van der Waals surface area contributed by atoms with Gasteiger partial charge in [0.1, 0.15) is 0 Å². The third kappa shape index (κ3) is 0.549. The molecule has 0 aliphatic carbocycles. The molecule has 29 valence electrons. The maximum atomic E-state index is 3.66. The number of hydrogen-bond acceptors (Lipinski definition) is 1.